The number of ether oxygens (including phenoxy) is 1. The number of anilines is 1. The molecular formula is C24H19NO6S. The molecule has 1 aromatic heterocycles. The highest BCUT2D eigenvalue weighted by atomic mass is 32.1. The molecule has 2 aromatic carbocycles. The minimum Gasteiger partial charge on any atom is -0.503 e. The van der Waals surface area contributed by atoms with Gasteiger partial charge in [0.1, 0.15) is 5.75 Å². The quantitative estimate of drug-likeness (QED) is 0.525. The molecule has 1 aliphatic rings. The Balaban J connectivity index is 1.82. The van der Waals surface area contributed by atoms with E-state index in [4.69, 9.17) is 9.84 Å². The fourth-order valence-corrected chi connectivity index (χ4v) is 4.40. The predicted molar refractivity (Wildman–Crippen MR) is 119 cm³/mol. The molecule has 4 rings (SSSR count). The number of ketones is 1. The molecule has 8 heteroatoms. The van der Waals surface area contributed by atoms with Crippen LogP contribution in [0.4, 0.5) is 5.69 Å². The molecule has 162 valence electrons. The third kappa shape index (κ3) is 3.88. The summed E-state index contributed by atoms with van der Waals surface area (Å²) in [6.45, 7) is 0. The van der Waals surface area contributed by atoms with Gasteiger partial charge in [0, 0.05) is 5.69 Å². The Bertz CT molecular complexity index is 1210. The van der Waals surface area contributed by atoms with Crippen molar-refractivity contribution >= 4 is 34.7 Å². The summed E-state index contributed by atoms with van der Waals surface area (Å²) in [5, 5.41) is 21.5. The van der Waals surface area contributed by atoms with Gasteiger partial charge in [-0.1, -0.05) is 30.3 Å². The van der Waals surface area contributed by atoms with Crippen molar-refractivity contribution in [2.45, 2.75) is 12.5 Å². The van der Waals surface area contributed by atoms with Gasteiger partial charge in [-0.15, -0.1) is 11.3 Å². The summed E-state index contributed by atoms with van der Waals surface area (Å²) in [7, 11) is 1.52. The largest absolute Gasteiger partial charge is 0.503 e. The number of amides is 1. The zero-order chi connectivity index (χ0) is 22.8. The molecule has 1 atom stereocenters. The number of carboxylic acid groups (broad SMARTS) is 1. The molecule has 0 radical (unpaired) electrons. The number of hydrogen-bond acceptors (Lipinski definition) is 6. The van der Waals surface area contributed by atoms with Gasteiger partial charge in [0.15, 0.2) is 5.76 Å². The van der Waals surface area contributed by atoms with E-state index < -0.39 is 29.5 Å². The average molecular weight is 449 g/mol. The van der Waals surface area contributed by atoms with Crippen LogP contribution >= 0.6 is 11.3 Å². The molecule has 2 heterocycles. The smallest absolute Gasteiger partial charge is 0.307 e. The number of methoxy groups -OCH3 is 1. The summed E-state index contributed by atoms with van der Waals surface area (Å²) < 4.78 is 5.31. The lowest BCUT2D eigenvalue weighted by Gasteiger charge is -2.27. The van der Waals surface area contributed by atoms with E-state index in [1.165, 1.54) is 23.3 Å². The van der Waals surface area contributed by atoms with Crippen molar-refractivity contribution in [3.8, 4) is 5.75 Å². The maximum absolute atomic E-state index is 13.3. The number of nitrogens with zero attached hydrogens (tertiary/aromatic N) is 1. The van der Waals surface area contributed by atoms with Gasteiger partial charge < -0.3 is 14.9 Å². The highest BCUT2D eigenvalue weighted by Crippen LogP contribution is 2.43. The van der Waals surface area contributed by atoms with Gasteiger partial charge in [0.05, 0.1) is 30.0 Å². The number of aliphatic hydroxyl groups excluding tert-OH is 1. The number of thiophene rings is 1. The van der Waals surface area contributed by atoms with Gasteiger partial charge in [0.2, 0.25) is 5.78 Å². The fraction of sp³-hybridized carbons (Fsp3) is 0.125. The van der Waals surface area contributed by atoms with Crippen molar-refractivity contribution in [1.29, 1.82) is 0 Å². The fourth-order valence-electron chi connectivity index (χ4n) is 3.72. The lowest BCUT2D eigenvalue weighted by Crippen LogP contribution is -2.31. The van der Waals surface area contributed by atoms with Gasteiger partial charge in [-0.3, -0.25) is 19.3 Å². The number of benzene rings is 2. The van der Waals surface area contributed by atoms with Crippen molar-refractivity contribution in [1.82, 2.24) is 0 Å². The van der Waals surface area contributed by atoms with Crippen LogP contribution in [0.15, 0.2) is 77.4 Å². The number of Topliss-reactive ketones (excluding diaryl/α,β-unsaturated/α-hetero) is 1. The lowest BCUT2D eigenvalue weighted by atomic mass is 9.95. The molecule has 2 N–H and O–H groups in total. The first kappa shape index (κ1) is 21.3. The summed E-state index contributed by atoms with van der Waals surface area (Å²) in [4.78, 5) is 39.1. The Kier molecular flexibility index (Phi) is 5.79. The van der Waals surface area contributed by atoms with Crippen LogP contribution in [-0.4, -0.2) is 35.0 Å². The molecule has 0 saturated heterocycles. The van der Waals surface area contributed by atoms with E-state index in [0.29, 0.717) is 27.4 Å². The van der Waals surface area contributed by atoms with E-state index in [1.807, 2.05) is 0 Å². The first-order valence-corrected chi connectivity index (χ1v) is 10.6. The molecule has 0 aliphatic carbocycles. The third-order valence-corrected chi connectivity index (χ3v) is 6.05. The molecular weight excluding hydrogens is 430 g/mol. The third-order valence-electron chi connectivity index (χ3n) is 5.18. The van der Waals surface area contributed by atoms with Gasteiger partial charge in [-0.05, 0) is 46.8 Å². The molecule has 3 aromatic rings. The van der Waals surface area contributed by atoms with Crippen LogP contribution in [0.3, 0.4) is 0 Å². The highest BCUT2D eigenvalue weighted by molar-refractivity contribution is 7.12. The maximum Gasteiger partial charge on any atom is 0.307 e. The van der Waals surface area contributed by atoms with Crippen molar-refractivity contribution in [3.63, 3.8) is 0 Å². The highest BCUT2D eigenvalue weighted by Gasteiger charge is 2.45. The molecule has 1 unspecified atom stereocenters. The van der Waals surface area contributed by atoms with Crippen LogP contribution in [0.2, 0.25) is 0 Å². The summed E-state index contributed by atoms with van der Waals surface area (Å²) in [6.07, 6.45) is -0.154. The van der Waals surface area contributed by atoms with Crippen molar-refractivity contribution in [3.05, 3.63) is 93.4 Å². The van der Waals surface area contributed by atoms with Crippen LogP contribution in [0, 0.1) is 0 Å². The Labute approximate surface area is 187 Å². The Hall–Kier alpha value is -3.91. The monoisotopic (exact) mass is 449 g/mol. The average Bonchev–Trinajstić information content (AvgIpc) is 3.41. The lowest BCUT2D eigenvalue weighted by molar-refractivity contribution is -0.136. The molecule has 32 heavy (non-hydrogen) atoms. The van der Waals surface area contributed by atoms with Crippen molar-refractivity contribution in [2.75, 3.05) is 12.0 Å². The van der Waals surface area contributed by atoms with Gasteiger partial charge >= 0.3 is 5.97 Å². The van der Waals surface area contributed by atoms with Crippen LogP contribution in [0.5, 0.6) is 5.75 Å². The molecule has 1 aliphatic heterocycles. The Morgan fingerprint density at radius 3 is 2.47 bits per heavy atom. The number of carboxylic acids is 1. The molecule has 0 fully saturated rings. The molecule has 0 saturated carbocycles. The number of rotatable bonds is 7. The summed E-state index contributed by atoms with van der Waals surface area (Å²) >= 11 is 1.23. The maximum atomic E-state index is 13.3. The van der Waals surface area contributed by atoms with Crippen LogP contribution in [-0.2, 0) is 16.0 Å². The number of aliphatic carboxylic acids is 1. The SMILES string of the molecule is COc1cccc(C2C(C(=O)c3cccs3)=C(O)C(=O)N2c2ccc(CC(=O)O)cc2)c1. The van der Waals surface area contributed by atoms with E-state index >= 15 is 0 Å². The minimum atomic E-state index is -0.965. The van der Waals surface area contributed by atoms with Gasteiger partial charge in [-0.25, -0.2) is 0 Å². The summed E-state index contributed by atoms with van der Waals surface area (Å²) in [5.74, 6) is -2.16. The first-order valence-electron chi connectivity index (χ1n) is 9.70. The van der Waals surface area contributed by atoms with E-state index in [0.717, 1.165) is 0 Å². The summed E-state index contributed by atoms with van der Waals surface area (Å²) in [5.41, 5.74) is 1.58. The second-order valence-corrected chi connectivity index (χ2v) is 8.11. The van der Waals surface area contributed by atoms with Crippen LogP contribution in [0.1, 0.15) is 26.8 Å². The zero-order valence-electron chi connectivity index (χ0n) is 17.0. The number of aliphatic hydroxyl groups is 1. The van der Waals surface area contributed by atoms with Gasteiger partial charge in [-0.2, -0.15) is 0 Å². The molecule has 7 nitrogen and oxygen atoms in total. The Morgan fingerprint density at radius 1 is 1.09 bits per heavy atom. The first-order chi connectivity index (χ1) is 15.4. The number of carbonyl (C=O) groups is 3. The summed E-state index contributed by atoms with van der Waals surface area (Å²) in [6, 6.07) is 15.9. The normalized spacial score (nSPS) is 15.8. The standard InChI is InChI=1S/C24H19NO6S/c1-31-17-5-2-4-15(13-17)21-20(22(28)18-6-3-11-32-18)23(29)24(30)25(21)16-9-7-14(8-10-16)12-19(26)27/h2-11,13,21,29H,12H2,1H3,(H,26,27). The van der Waals surface area contributed by atoms with E-state index in [9.17, 15) is 19.5 Å². The van der Waals surface area contributed by atoms with Gasteiger partial charge in [0.25, 0.3) is 5.91 Å². The number of hydrogen-bond donors (Lipinski definition) is 2. The van der Waals surface area contributed by atoms with E-state index in [-0.39, 0.29) is 12.0 Å². The topological polar surface area (TPSA) is 104 Å². The Morgan fingerprint density at radius 2 is 1.84 bits per heavy atom. The van der Waals surface area contributed by atoms with Crippen LogP contribution in [0.25, 0.3) is 0 Å². The molecule has 1 amide bonds. The predicted octanol–water partition coefficient (Wildman–Crippen LogP) is 4.17. The number of carbonyl (C=O) groups excluding carboxylic acids is 2. The second kappa shape index (κ2) is 8.68. The van der Waals surface area contributed by atoms with Crippen LogP contribution < -0.4 is 9.64 Å². The molecule has 0 spiro atoms. The zero-order valence-corrected chi connectivity index (χ0v) is 17.8. The molecule has 0 bridgehead atoms. The van der Waals surface area contributed by atoms with E-state index in [1.54, 1.807) is 66.0 Å². The minimum absolute atomic E-state index is 0.0136. The second-order valence-electron chi connectivity index (χ2n) is 7.16. The van der Waals surface area contributed by atoms with E-state index in [2.05, 4.69) is 0 Å². The van der Waals surface area contributed by atoms with Crippen molar-refractivity contribution in [2.24, 2.45) is 0 Å². The van der Waals surface area contributed by atoms with Crippen molar-refractivity contribution < 1.29 is 29.3 Å².